The topological polar surface area (TPSA) is 28.7 Å². The van der Waals surface area contributed by atoms with Crippen LogP contribution in [0.25, 0.3) is 0 Å². The fraction of sp³-hybridized carbons (Fsp3) is 0.500. The van der Waals surface area contributed by atoms with Gasteiger partial charge in [-0.2, -0.15) is 5.10 Å². The first-order valence-corrected chi connectivity index (χ1v) is 3.55. The van der Waals surface area contributed by atoms with E-state index in [0.29, 0.717) is 0 Å². The fourth-order valence-electron chi connectivity index (χ4n) is 0.962. The predicted molar refractivity (Wildman–Crippen MR) is 37.8 cm³/mol. The van der Waals surface area contributed by atoms with E-state index in [2.05, 4.69) is 22.8 Å². The monoisotopic (exact) mass is 140 g/mol. The Morgan fingerprint density at radius 2 is 2.44 bits per heavy atom. The van der Waals surface area contributed by atoms with E-state index < -0.39 is 0 Å². The number of hydrogen-bond donors (Lipinski definition) is 2. The molecule has 0 spiro atoms. The molecule has 1 fully saturated rings. The number of aromatic nitrogens is 2. The Kier molecular flexibility index (Phi) is 1.05. The second-order valence-electron chi connectivity index (χ2n) is 2.44. The van der Waals surface area contributed by atoms with Gasteiger partial charge in [0.2, 0.25) is 0 Å². The molecule has 0 saturated heterocycles. The van der Waals surface area contributed by atoms with Gasteiger partial charge in [0.1, 0.15) is 0 Å². The van der Waals surface area contributed by atoms with Crippen molar-refractivity contribution in [3.05, 3.63) is 11.9 Å². The van der Waals surface area contributed by atoms with Gasteiger partial charge >= 0.3 is 0 Å². The molecule has 1 aliphatic rings. The molecule has 1 aromatic heterocycles. The number of H-pyrrole nitrogens is 1. The Bertz CT molecular complexity index is 215. The maximum atomic E-state index is 4.23. The third-order valence-electron chi connectivity index (χ3n) is 1.63. The first kappa shape index (κ1) is 5.35. The van der Waals surface area contributed by atoms with Crippen LogP contribution in [-0.4, -0.2) is 10.2 Å². The molecule has 0 amide bonds. The average Bonchev–Trinajstić information content (AvgIpc) is 2.58. The van der Waals surface area contributed by atoms with Gasteiger partial charge in [-0.15, -0.1) is 12.6 Å². The summed E-state index contributed by atoms with van der Waals surface area (Å²) in [4.78, 5) is 1.01. The van der Waals surface area contributed by atoms with Crippen LogP contribution in [-0.2, 0) is 0 Å². The van der Waals surface area contributed by atoms with Crippen molar-refractivity contribution in [2.45, 2.75) is 23.7 Å². The molecule has 0 unspecified atom stereocenters. The minimum Gasteiger partial charge on any atom is -0.281 e. The van der Waals surface area contributed by atoms with E-state index in [4.69, 9.17) is 0 Å². The molecule has 1 saturated carbocycles. The molecule has 3 heteroatoms. The van der Waals surface area contributed by atoms with E-state index >= 15 is 0 Å². The summed E-state index contributed by atoms with van der Waals surface area (Å²) in [6, 6.07) is 0. The van der Waals surface area contributed by atoms with E-state index in [9.17, 15) is 0 Å². The van der Waals surface area contributed by atoms with Gasteiger partial charge in [0, 0.05) is 10.8 Å². The van der Waals surface area contributed by atoms with Gasteiger partial charge < -0.3 is 0 Å². The summed E-state index contributed by atoms with van der Waals surface area (Å²) in [5.41, 5.74) is 1.22. The summed E-state index contributed by atoms with van der Waals surface area (Å²) in [5, 5.41) is 6.82. The molecule has 0 radical (unpaired) electrons. The highest BCUT2D eigenvalue weighted by atomic mass is 32.1. The van der Waals surface area contributed by atoms with Crippen LogP contribution in [0, 0.1) is 0 Å². The summed E-state index contributed by atoms with van der Waals surface area (Å²) in [7, 11) is 0. The fourth-order valence-corrected chi connectivity index (χ4v) is 1.25. The summed E-state index contributed by atoms with van der Waals surface area (Å²) in [5.74, 6) is 0.736. The van der Waals surface area contributed by atoms with Gasteiger partial charge in [0.15, 0.2) is 0 Å². The molecular formula is C6H8N2S. The Labute approximate surface area is 59.1 Å². The molecule has 1 heterocycles. The van der Waals surface area contributed by atoms with Crippen LogP contribution in [0.2, 0.25) is 0 Å². The minimum atomic E-state index is 0.736. The smallest absolute Gasteiger partial charge is 0.0623 e. The van der Waals surface area contributed by atoms with Crippen LogP contribution < -0.4 is 0 Å². The van der Waals surface area contributed by atoms with Gasteiger partial charge in [0.05, 0.1) is 11.9 Å². The van der Waals surface area contributed by atoms with E-state index in [1.165, 1.54) is 18.5 Å². The summed E-state index contributed by atoms with van der Waals surface area (Å²) < 4.78 is 0. The summed E-state index contributed by atoms with van der Waals surface area (Å²) >= 11 is 4.23. The molecule has 0 aliphatic heterocycles. The van der Waals surface area contributed by atoms with E-state index in [1.54, 1.807) is 6.20 Å². The Balaban J connectivity index is 2.35. The lowest BCUT2D eigenvalue weighted by Gasteiger charge is -1.89. The molecule has 0 aromatic carbocycles. The van der Waals surface area contributed by atoms with Gasteiger partial charge in [-0.3, -0.25) is 5.10 Å². The molecule has 1 aromatic rings. The first-order chi connectivity index (χ1) is 4.38. The van der Waals surface area contributed by atoms with Gasteiger partial charge in [0.25, 0.3) is 0 Å². The molecule has 1 aliphatic carbocycles. The molecule has 2 rings (SSSR count). The van der Waals surface area contributed by atoms with Gasteiger partial charge in [-0.05, 0) is 12.8 Å². The van der Waals surface area contributed by atoms with E-state index in [-0.39, 0.29) is 0 Å². The Hall–Kier alpha value is -0.440. The second kappa shape index (κ2) is 1.77. The highest BCUT2D eigenvalue weighted by molar-refractivity contribution is 7.80. The van der Waals surface area contributed by atoms with Gasteiger partial charge in [-0.1, -0.05) is 0 Å². The van der Waals surface area contributed by atoms with Crippen molar-refractivity contribution in [3.63, 3.8) is 0 Å². The molecule has 0 bridgehead atoms. The molecule has 0 atom stereocenters. The largest absolute Gasteiger partial charge is 0.281 e. The molecule has 9 heavy (non-hydrogen) atoms. The summed E-state index contributed by atoms with van der Waals surface area (Å²) in [6.07, 6.45) is 4.36. The van der Waals surface area contributed by atoms with Crippen LogP contribution in [0.1, 0.15) is 24.5 Å². The maximum Gasteiger partial charge on any atom is 0.0623 e. The zero-order valence-electron chi connectivity index (χ0n) is 4.96. The van der Waals surface area contributed by atoms with Crippen LogP contribution in [0.3, 0.4) is 0 Å². The third kappa shape index (κ3) is 0.852. The Morgan fingerprint density at radius 1 is 1.67 bits per heavy atom. The molecular weight excluding hydrogens is 132 g/mol. The average molecular weight is 140 g/mol. The van der Waals surface area contributed by atoms with Crippen molar-refractivity contribution in [1.29, 1.82) is 0 Å². The van der Waals surface area contributed by atoms with Crippen LogP contribution in [0.5, 0.6) is 0 Å². The van der Waals surface area contributed by atoms with Crippen molar-refractivity contribution >= 4 is 12.6 Å². The first-order valence-electron chi connectivity index (χ1n) is 3.10. The highest BCUT2D eigenvalue weighted by Crippen LogP contribution is 2.41. The quantitative estimate of drug-likeness (QED) is 0.570. The normalized spacial score (nSPS) is 18.3. The molecule has 1 N–H and O–H groups in total. The van der Waals surface area contributed by atoms with Crippen LogP contribution >= 0.6 is 12.6 Å². The van der Waals surface area contributed by atoms with E-state index in [0.717, 1.165) is 10.8 Å². The van der Waals surface area contributed by atoms with Gasteiger partial charge in [-0.25, -0.2) is 0 Å². The molecule has 48 valence electrons. The predicted octanol–water partition coefficient (Wildman–Crippen LogP) is 1.58. The number of aromatic amines is 1. The number of nitrogens with one attached hydrogen (secondary N) is 1. The standard InChI is InChI=1S/C6H8N2S/c9-5-3-7-8-6(5)4-1-2-4/h3-4,9H,1-2H2,(H,7,8). The molecule has 2 nitrogen and oxygen atoms in total. The SMILES string of the molecule is Sc1cn[nH]c1C1CC1. The highest BCUT2D eigenvalue weighted by Gasteiger charge is 2.26. The third-order valence-corrected chi connectivity index (χ3v) is 1.99. The lowest BCUT2D eigenvalue weighted by molar-refractivity contribution is 0.951. The van der Waals surface area contributed by atoms with Crippen LogP contribution in [0.4, 0.5) is 0 Å². The van der Waals surface area contributed by atoms with Crippen molar-refractivity contribution in [3.8, 4) is 0 Å². The number of hydrogen-bond acceptors (Lipinski definition) is 2. The lowest BCUT2D eigenvalue weighted by Crippen LogP contribution is -1.78. The zero-order chi connectivity index (χ0) is 6.27. The zero-order valence-corrected chi connectivity index (χ0v) is 5.86. The maximum absolute atomic E-state index is 4.23. The minimum absolute atomic E-state index is 0.736. The number of rotatable bonds is 1. The van der Waals surface area contributed by atoms with Crippen molar-refractivity contribution in [2.75, 3.05) is 0 Å². The number of thiol groups is 1. The van der Waals surface area contributed by atoms with Crippen molar-refractivity contribution in [1.82, 2.24) is 10.2 Å². The van der Waals surface area contributed by atoms with Crippen molar-refractivity contribution in [2.24, 2.45) is 0 Å². The summed E-state index contributed by atoms with van der Waals surface area (Å²) in [6.45, 7) is 0. The van der Waals surface area contributed by atoms with E-state index in [1.807, 2.05) is 0 Å². The van der Waals surface area contributed by atoms with Crippen LogP contribution in [0.15, 0.2) is 11.1 Å². The second-order valence-corrected chi connectivity index (χ2v) is 2.92. The van der Waals surface area contributed by atoms with Crippen molar-refractivity contribution < 1.29 is 0 Å². The lowest BCUT2D eigenvalue weighted by atomic mass is 10.3. The number of nitrogens with zero attached hydrogens (tertiary/aromatic N) is 1. The Morgan fingerprint density at radius 3 is 2.89 bits per heavy atom.